The average Bonchev–Trinajstić information content (AvgIpc) is 3.24. The van der Waals surface area contributed by atoms with Crippen molar-refractivity contribution in [2.24, 2.45) is 12.0 Å². The zero-order valence-electron chi connectivity index (χ0n) is 15.6. The van der Waals surface area contributed by atoms with Crippen molar-refractivity contribution in [2.75, 3.05) is 20.1 Å². The molecule has 0 fully saturated rings. The van der Waals surface area contributed by atoms with Crippen LogP contribution < -0.4 is 5.32 Å². The fraction of sp³-hybridized carbons (Fsp3) is 0.444. The number of hydrogen-bond donors (Lipinski definition) is 1. The van der Waals surface area contributed by atoms with Gasteiger partial charge in [0.2, 0.25) is 0 Å². The average molecular weight is 354 g/mol. The second-order valence-corrected chi connectivity index (χ2v) is 6.26. The number of nitrogens with one attached hydrogen (secondary N) is 1. The Morgan fingerprint density at radius 1 is 1.31 bits per heavy atom. The molecule has 3 heterocycles. The van der Waals surface area contributed by atoms with E-state index in [-0.39, 0.29) is 0 Å². The minimum atomic E-state index is 0.738. The fourth-order valence-electron chi connectivity index (χ4n) is 2.86. The van der Waals surface area contributed by atoms with Crippen molar-refractivity contribution in [3.8, 4) is 0 Å². The Labute approximate surface area is 153 Å². The second-order valence-electron chi connectivity index (χ2n) is 6.26. The van der Waals surface area contributed by atoms with E-state index < -0.39 is 0 Å². The van der Waals surface area contributed by atoms with Crippen molar-refractivity contribution in [2.45, 2.75) is 26.3 Å². The van der Waals surface area contributed by atoms with Gasteiger partial charge in [0.05, 0.1) is 6.20 Å². The SMILES string of the molecule is CCNC(=NCCCc1nnc2ccccn12)N(C)Cc1cnn(C)c1. The van der Waals surface area contributed by atoms with Crippen LogP contribution in [0.25, 0.3) is 5.65 Å². The van der Waals surface area contributed by atoms with E-state index in [1.54, 1.807) is 0 Å². The topological polar surface area (TPSA) is 75.6 Å². The Kier molecular flexibility index (Phi) is 5.83. The lowest BCUT2D eigenvalue weighted by molar-refractivity contribution is 0.476. The molecule has 0 unspecified atom stereocenters. The minimum Gasteiger partial charge on any atom is -0.357 e. The van der Waals surface area contributed by atoms with Crippen molar-refractivity contribution in [3.63, 3.8) is 0 Å². The molecule has 0 saturated heterocycles. The first-order valence-corrected chi connectivity index (χ1v) is 8.93. The Balaban J connectivity index is 1.56. The lowest BCUT2D eigenvalue weighted by atomic mass is 10.3. The monoisotopic (exact) mass is 354 g/mol. The molecule has 0 spiro atoms. The van der Waals surface area contributed by atoms with E-state index >= 15 is 0 Å². The standard InChI is InChI=1S/C18H26N8/c1-4-19-18(24(2)13-15-12-21-25(3)14-15)20-10-7-9-17-23-22-16-8-5-6-11-26(16)17/h5-6,8,11-12,14H,4,7,9-10,13H2,1-3H3,(H,19,20). The number of aliphatic imine (C=N–C) groups is 1. The summed E-state index contributed by atoms with van der Waals surface area (Å²) in [6.07, 6.45) is 7.68. The molecule has 3 rings (SSSR count). The van der Waals surface area contributed by atoms with E-state index in [2.05, 4.69) is 32.4 Å². The molecule has 8 nitrogen and oxygen atoms in total. The van der Waals surface area contributed by atoms with Crippen LogP contribution in [0.4, 0.5) is 0 Å². The number of rotatable bonds is 7. The van der Waals surface area contributed by atoms with Gasteiger partial charge in [0.1, 0.15) is 5.82 Å². The predicted molar refractivity (Wildman–Crippen MR) is 102 cm³/mol. The highest BCUT2D eigenvalue weighted by Crippen LogP contribution is 2.06. The van der Waals surface area contributed by atoms with Gasteiger partial charge in [-0.1, -0.05) is 6.07 Å². The predicted octanol–water partition coefficient (Wildman–Crippen LogP) is 1.49. The van der Waals surface area contributed by atoms with Crippen molar-refractivity contribution in [1.29, 1.82) is 0 Å². The molecule has 0 amide bonds. The normalized spacial score (nSPS) is 11.9. The maximum atomic E-state index is 4.74. The smallest absolute Gasteiger partial charge is 0.193 e. The van der Waals surface area contributed by atoms with E-state index in [4.69, 9.17) is 4.99 Å². The summed E-state index contributed by atoms with van der Waals surface area (Å²) in [7, 11) is 3.97. The number of fused-ring (bicyclic) bond motifs is 1. The zero-order valence-corrected chi connectivity index (χ0v) is 15.6. The number of pyridine rings is 1. The third kappa shape index (κ3) is 4.38. The summed E-state index contributed by atoms with van der Waals surface area (Å²) >= 11 is 0. The summed E-state index contributed by atoms with van der Waals surface area (Å²) in [5, 5.41) is 16.0. The second kappa shape index (κ2) is 8.46. The molecule has 0 saturated carbocycles. The molecular formula is C18H26N8. The van der Waals surface area contributed by atoms with Crippen molar-refractivity contribution >= 4 is 11.6 Å². The fourth-order valence-corrected chi connectivity index (χ4v) is 2.86. The van der Waals surface area contributed by atoms with E-state index in [9.17, 15) is 0 Å². The molecule has 0 aliphatic carbocycles. The van der Waals surface area contributed by atoms with Crippen molar-refractivity contribution < 1.29 is 0 Å². The first kappa shape index (κ1) is 17.9. The molecule has 0 aliphatic rings. The number of nitrogens with zero attached hydrogens (tertiary/aromatic N) is 7. The van der Waals surface area contributed by atoms with Gasteiger partial charge in [-0.15, -0.1) is 10.2 Å². The summed E-state index contributed by atoms with van der Waals surface area (Å²) in [5.41, 5.74) is 2.05. The molecule has 0 radical (unpaired) electrons. The first-order valence-electron chi connectivity index (χ1n) is 8.93. The van der Waals surface area contributed by atoms with Gasteiger partial charge in [0.25, 0.3) is 0 Å². The van der Waals surface area contributed by atoms with Crippen LogP contribution in [0.3, 0.4) is 0 Å². The van der Waals surface area contributed by atoms with Crippen LogP contribution >= 0.6 is 0 Å². The summed E-state index contributed by atoms with van der Waals surface area (Å²) in [6.45, 7) is 4.43. The van der Waals surface area contributed by atoms with Crippen LogP contribution in [0.5, 0.6) is 0 Å². The molecule has 0 aromatic carbocycles. The summed E-state index contributed by atoms with van der Waals surface area (Å²) in [6, 6.07) is 5.93. The van der Waals surface area contributed by atoms with Gasteiger partial charge >= 0.3 is 0 Å². The molecular weight excluding hydrogens is 328 g/mol. The third-order valence-corrected chi connectivity index (χ3v) is 4.08. The maximum Gasteiger partial charge on any atom is 0.193 e. The molecule has 0 aliphatic heterocycles. The number of aromatic nitrogens is 5. The van der Waals surface area contributed by atoms with Gasteiger partial charge in [0.15, 0.2) is 11.6 Å². The highest BCUT2D eigenvalue weighted by molar-refractivity contribution is 5.79. The van der Waals surface area contributed by atoms with Crippen molar-refractivity contribution in [1.82, 2.24) is 34.6 Å². The van der Waals surface area contributed by atoms with E-state index in [1.165, 1.54) is 0 Å². The highest BCUT2D eigenvalue weighted by atomic mass is 15.3. The zero-order chi connectivity index (χ0) is 18.4. The van der Waals surface area contributed by atoms with Crippen LogP contribution in [0, 0.1) is 0 Å². The van der Waals surface area contributed by atoms with Gasteiger partial charge in [0, 0.05) is 58.1 Å². The summed E-state index contributed by atoms with van der Waals surface area (Å²) < 4.78 is 3.85. The lowest BCUT2D eigenvalue weighted by Crippen LogP contribution is -2.38. The van der Waals surface area contributed by atoms with Gasteiger partial charge in [-0.05, 0) is 25.5 Å². The van der Waals surface area contributed by atoms with Crippen LogP contribution in [-0.2, 0) is 20.0 Å². The van der Waals surface area contributed by atoms with Crippen LogP contribution in [0.2, 0.25) is 0 Å². The van der Waals surface area contributed by atoms with E-state index in [0.717, 1.165) is 55.5 Å². The molecule has 138 valence electrons. The molecule has 0 bridgehead atoms. The Bertz CT molecular complexity index is 863. The quantitative estimate of drug-likeness (QED) is 0.395. The highest BCUT2D eigenvalue weighted by Gasteiger charge is 2.08. The van der Waals surface area contributed by atoms with Crippen LogP contribution in [0.1, 0.15) is 24.7 Å². The number of guanidine groups is 1. The van der Waals surface area contributed by atoms with Crippen molar-refractivity contribution in [3.05, 3.63) is 48.2 Å². The van der Waals surface area contributed by atoms with E-state index in [0.29, 0.717) is 0 Å². The van der Waals surface area contributed by atoms with E-state index in [1.807, 2.05) is 60.0 Å². The summed E-state index contributed by atoms with van der Waals surface area (Å²) in [5.74, 6) is 1.88. The van der Waals surface area contributed by atoms with Gasteiger partial charge in [-0.3, -0.25) is 14.1 Å². The molecule has 26 heavy (non-hydrogen) atoms. The number of aryl methyl sites for hydroxylation is 2. The molecule has 1 N–H and O–H groups in total. The molecule has 3 aromatic heterocycles. The Hall–Kier alpha value is -2.90. The first-order chi connectivity index (χ1) is 12.7. The van der Waals surface area contributed by atoms with Gasteiger partial charge < -0.3 is 10.2 Å². The number of hydrogen-bond acceptors (Lipinski definition) is 4. The molecule has 8 heteroatoms. The summed E-state index contributed by atoms with van der Waals surface area (Å²) in [4.78, 5) is 6.86. The largest absolute Gasteiger partial charge is 0.357 e. The van der Waals surface area contributed by atoms with Gasteiger partial charge in [-0.25, -0.2) is 0 Å². The Morgan fingerprint density at radius 3 is 2.96 bits per heavy atom. The minimum absolute atomic E-state index is 0.738. The maximum absolute atomic E-state index is 4.74. The van der Waals surface area contributed by atoms with Crippen LogP contribution in [0.15, 0.2) is 41.8 Å². The molecule has 0 atom stereocenters. The lowest BCUT2D eigenvalue weighted by Gasteiger charge is -2.21. The molecule has 3 aromatic rings. The Morgan fingerprint density at radius 2 is 2.19 bits per heavy atom. The van der Waals surface area contributed by atoms with Gasteiger partial charge in [-0.2, -0.15) is 5.10 Å². The third-order valence-electron chi connectivity index (χ3n) is 4.08. The van der Waals surface area contributed by atoms with Crippen LogP contribution in [-0.4, -0.2) is 55.4 Å².